The van der Waals surface area contributed by atoms with E-state index in [-0.39, 0.29) is 18.1 Å². The highest BCUT2D eigenvalue weighted by Crippen LogP contribution is 2.15. The molecule has 0 aromatic rings. The maximum atomic E-state index is 12.0. The van der Waals surface area contributed by atoms with Gasteiger partial charge < -0.3 is 14.9 Å². The van der Waals surface area contributed by atoms with Crippen LogP contribution in [0.1, 0.15) is 20.8 Å². The number of aliphatic carboxylic acids is 1. The fraction of sp³-hybridized carbons (Fsp3) is 0.636. The topological polar surface area (TPSA) is 60.9 Å². The molecule has 0 radical (unpaired) electrons. The molecule has 0 unspecified atom stereocenters. The molecule has 0 spiro atoms. The summed E-state index contributed by atoms with van der Waals surface area (Å²) in [4.78, 5) is 25.2. The van der Waals surface area contributed by atoms with Crippen molar-refractivity contribution in [2.24, 2.45) is 0 Å². The van der Waals surface area contributed by atoms with Gasteiger partial charge in [0.2, 0.25) is 0 Å². The first-order chi connectivity index (χ1) is 7.20. The summed E-state index contributed by atoms with van der Waals surface area (Å²) in [6.07, 6.45) is 1.62. The van der Waals surface area contributed by atoms with Crippen molar-refractivity contribution in [3.63, 3.8) is 0 Å². The van der Waals surface area contributed by atoms with E-state index in [1.807, 2.05) is 20.8 Å². The molecule has 92 valence electrons. The Hall–Kier alpha value is -1.52. The van der Waals surface area contributed by atoms with E-state index in [0.29, 0.717) is 6.54 Å². The number of hydrogen-bond donors (Lipinski definition) is 1. The third kappa shape index (κ3) is 4.33. The minimum atomic E-state index is -1.02. The van der Waals surface area contributed by atoms with Crippen molar-refractivity contribution in [2.75, 3.05) is 20.1 Å². The molecule has 0 saturated carbocycles. The number of carboxylic acids is 1. The molecule has 5 heteroatoms. The van der Waals surface area contributed by atoms with Crippen LogP contribution in [0.2, 0.25) is 0 Å². The first kappa shape index (κ1) is 14.5. The fourth-order valence-electron chi connectivity index (χ4n) is 1.24. The minimum Gasteiger partial charge on any atom is -0.480 e. The van der Waals surface area contributed by atoms with E-state index < -0.39 is 5.97 Å². The second kappa shape index (κ2) is 5.53. The molecular formula is C11H20N2O3. The van der Waals surface area contributed by atoms with Crippen molar-refractivity contribution in [1.29, 1.82) is 0 Å². The van der Waals surface area contributed by atoms with Crippen LogP contribution in [0, 0.1) is 0 Å². The number of nitrogens with zero attached hydrogens (tertiary/aromatic N) is 2. The van der Waals surface area contributed by atoms with Crippen molar-refractivity contribution in [2.45, 2.75) is 26.3 Å². The summed E-state index contributed by atoms with van der Waals surface area (Å²) in [7, 11) is 1.47. The molecule has 0 aliphatic rings. The molecular weight excluding hydrogens is 208 g/mol. The number of carbonyl (C=O) groups excluding carboxylic acids is 1. The Kier molecular flexibility index (Phi) is 5.01. The van der Waals surface area contributed by atoms with Crippen LogP contribution in [0.3, 0.4) is 0 Å². The summed E-state index contributed by atoms with van der Waals surface area (Å²) in [6.45, 7) is 9.36. The lowest BCUT2D eigenvalue weighted by molar-refractivity contribution is -0.137. The Labute approximate surface area is 96.3 Å². The number of likely N-dealkylation sites (N-methyl/N-ethyl adjacent to an activating group) is 1. The highest BCUT2D eigenvalue weighted by molar-refractivity contribution is 5.80. The molecule has 2 amide bonds. The quantitative estimate of drug-likeness (QED) is 0.740. The maximum Gasteiger partial charge on any atom is 0.323 e. The van der Waals surface area contributed by atoms with Crippen molar-refractivity contribution < 1.29 is 14.7 Å². The fourth-order valence-corrected chi connectivity index (χ4v) is 1.24. The van der Waals surface area contributed by atoms with Crippen molar-refractivity contribution >= 4 is 12.0 Å². The van der Waals surface area contributed by atoms with Crippen LogP contribution in [-0.4, -0.2) is 52.6 Å². The molecule has 0 aromatic heterocycles. The predicted molar refractivity (Wildman–Crippen MR) is 62.3 cm³/mol. The van der Waals surface area contributed by atoms with Gasteiger partial charge in [0.1, 0.15) is 6.54 Å². The van der Waals surface area contributed by atoms with E-state index in [1.54, 1.807) is 11.0 Å². The Morgan fingerprint density at radius 2 is 1.88 bits per heavy atom. The molecule has 0 aliphatic heterocycles. The average Bonchev–Trinajstić information content (AvgIpc) is 2.10. The largest absolute Gasteiger partial charge is 0.480 e. The van der Waals surface area contributed by atoms with Crippen LogP contribution in [0.5, 0.6) is 0 Å². The molecule has 0 aromatic carbocycles. The van der Waals surface area contributed by atoms with Gasteiger partial charge in [-0.3, -0.25) is 4.79 Å². The van der Waals surface area contributed by atoms with Crippen LogP contribution in [0.15, 0.2) is 12.7 Å². The summed E-state index contributed by atoms with van der Waals surface area (Å²) in [5.41, 5.74) is -0.363. The van der Waals surface area contributed by atoms with Gasteiger partial charge in [-0.05, 0) is 20.8 Å². The molecule has 1 N–H and O–H groups in total. The molecule has 5 nitrogen and oxygen atoms in total. The minimum absolute atomic E-state index is 0.303. The Morgan fingerprint density at radius 3 is 2.19 bits per heavy atom. The second-order valence-corrected chi connectivity index (χ2v) is 4.60. The van der Waals surface area contributed by atoms with E-state index >= 15 is 0 Å². The van der Waals surface area contributed by atoms with Crippen LogP contribution < -0.4 is 0 Å². The summed E-state index contributed by atoms with van der Waals surface area (Å²) in [5, 5.41) is 8.61. The van der Waals surface area contributed by atoms with Crippen molar-refractivity contribution in [1.82, 2.24) is 9.80 Å². The highest BCUT2D eigenvalue weighted by atomic mass is 16.4. The number of hydrogen-bond acceptors (Lipinski definition) is 2. The average molecular weight is 228 g/mol. The van der Waals surface area contributed by atoms with E-state index in [2.05, 4.69) is 6.58 Å². The molecule has 0 saturated heterocycles. The lowest BCUT2D eigenvalue weighted by atomic mass is 10.1. The van der Waals surface area contributed by atoms with Crippen LogP contribution in [0.4, 0.5) is 4.79 Å². The monoisotopic (exact) mass is 228 g/mol. The summed E-state index contributed by atoms with van der Waals surface area (Å²) >= 11 is 0. The van der Waals surface area contributed by atoms with Gasteiger partial charge in [-0.1, -0.05) is 6.08 Å². The number of carboxylic acid groups (broad SMARTS) is 1. The van der Waals surface area contributed by atoms with Crippen LogP contribution >= 0.6 is 0 Å². The van der Waals surface area contributed by atoms with E-state index in [1.165, 1.54) is 11.9 Å². The van der Waals surface area contributed by atoms with Gasteiger partial charge in [0.05, 0.1) is 0 Å². The van der Waals surface area contributed by atoms with E-state index in [0.717, 1.165) is 0 Å². The SMILES string of the molecule is C=CCN(C(=O)N(C)CC(=O)O)C(C)(C)C. The Bertz CT molecular complexity index is 281. The zero-order chi connectivity index (χ0) is 12.9. The number of urea groups is 1. The van der Waals surface area contributed by atoms with Gasteiger partial charge in [-0.15, -0.1) is 6.58 Å². The van der Waals surface area contributed by atoms with Gasteiger partial charge in [-0.25, -0.2) is 4.79 Å². The predicted octanol–water partition coefficient (Wildman–Crippen LogP) is 1.41. The molecule has 16 heavy (non-hydrogen) atoms. The van der Waals surface area contributed by atoms with Gasteiger partial charge in [0.15, 0.2) is 0 Å². The van der Waals surface area contributed by atoms with E-state index in [9.17, 15) is 9.59 Å². The zero-order valence-electron chi connectivity index (χ0n) is 10.4. The summed E-state index contributed by atoms with van der Waals surface area (Å²) in [5.74, 6) is -1.02. The third-order valence-electron chi connectivity index (χ3n) is 2.05. The summed E-state index contributed by atoms with van der Waals surface area (Å²) < 4.78 is 0. The Morgan fingerprint density at radius 1 is 1.38 bits per heavy atom. The number of rotatable bonds is 4. The normalized spacial score (nSPS) is 10.8. The van der Waals surface area contributed by atoms with Gasteiger partial charge in [0.25, 0.3) is 0 Å². The van der Waals surface area contributed by atoms with Gasteiger partial charge in [0, 0.05) is 19.1 Å². The molecule has 0 heterocycles. The van der Waals surface area contributed by atoms with Crippen LogP contribution in [0.25, 0.3) is 0 Å². The molecule has 0 aliphatic carbocycles. The maximum absolute atomic E-state index is 12.0. The zero-order valence-corrected chi connectivity index (χ0v) is 10.4. The second-order valence-electron chi connectivity index (χ2n) is 4.60. The van der Waals surface area contributed by atoms with E-state index in [4.69, 9.17) is 5.11 Å². The standard InChI is InChI=1S/C11H20N2O3/c1-6-7-13(11(2,3)4)10(16)12(5)8-9(14)15/h6H,1,7-8H2,2-5H3,(H,14,15). The smallest absolute Gasteiger partial charge is 0.323 e. The Balaban J connectivity index is 4.74. The first-order valence-electron chi connectivity index (χ1n) is 5.05. The lowest BCUT2D eigenvalue weighted by Gasteiger charge is -2.37. The molecule has 0 bridgehead atoms. The number of carbonyl (C=O) groups is 2. The van der Waals surface area contributed by atoms with Crippen molar-refractivity contribution in [3.8, 4) is 0 Å². The van der Waals surface area contributed by atoms with Gasteiger partial charge >= 0.3 is 12.0 Å². The van der Waals surface area contributed by atoms with Crippen LogP contribution in [-0.2, 0) is 4.79 Å². The third-order valence-corrected chi connectivity index (χ3v) is 2.05. The van der Waals surface area contributed by atoms with Gasteiger partial charge in [-0.2, -0.15) is 0 Å². The highest BCUT2D eigenvalue weighted by Gasteiger charge is 2.28. The number of amides is 2. The molecule has 0 fully saturated rings. The molecule has 0 rings (SSSR count). The first-order valence-corrected chi connectivity index (χ1v) is 5.05. The van der Waals surface area contributed by atoms with Crippen molar-refractivity contribution in [3.05, 3.63) is 12.7 Å². The lowest BCUT2D eigenvalue weighted by Crippen LogP contribution is -2.51. The molecule has 0 atom stereocenters. The summed E-state index contributed by atoms with van der Waals surface area (Å²) in [6, 6.07) is -0.310.